The first-order valence-electron chi connectivity index (χ1n) is 6.33. The standard InChI is InChI=1S/C15H13N5/c1-2-3-4-10-5-7-17-14-13(10)11(9-19-14)12-6-8-18-15(16)20-12/h5-9H,2H2,1H3,(H,17,19)(H2,16,18,20). The molecule has 0 aliphatic heterocycles. The molecule has 0 aliphatic carbocycles. The second-order valence-electron chi connectivity index (χ2n) is 4.24. The molecule has 0 saturated carbocycles. The van der Waals surface area contributed by atoms with Gasteiger partial charge in [-0.2, -0.15) is 0 Å². The summed E-state index contributed by atoms with van der Waals surface area (Å²) in [6.45, 7) is 2.02. The molecule has 3 N–H and O–H groups in total. The summed E-state index contributed by atoms with van der Waals surface area (Å²) in [6.07, 6.45) is 6.07. The Morgan fingerprint density at radius 2 is 2.10 bits per heavy atom. The van der Waals surface area contributed by atoms with E-state index in [4.69, 9.17) is 5.73 Å². The fourth-order valence-electron chi connectivity index (χ4n) is 2.07. The Labute approximate surface area is 116 Å². The third-order valence-electron chi connectivity index (χ3n) is 2.92. The number of nitrogen functional groups attached to an aromatic ring is 1. The van der Waals surface area contributed by atoms with Gasteiger partial charge in [-0.05, 0) is 12.1 Å². The van der Waals surface area contributed by atoms with Crippen LogP contribution < -0.4 is 5.73 Å². The van der Waals surface area contributed by atoms with Gasteiger partial charge >= 0.3 is 0 Å². The Kier molecular flexibility index (Phi) is 3.05. The normalized spacial score (nSPS) is 10.2. The maximum atomic E-state index is 5.65. The summed E-state index contributed by atoms with van der Waals surface area (Å²) in [5.41, 5.74) is 9.07. The van der Waals surface area contributed by atoms with Gasteiger partial charge in [-0.3, -0.25) is 0 Å². The van der Waals surface area contributed by atoms with Gasteiger partial charge in [0.25, 0.3) is 0 Å². The van der Waals surface area contributed by atoms with Crippen LogP contribution in [0.2, 0.25) is 0 Å². The number of H-pyrrole nitrogens is 1. The van der Waals surface area contributed by atoms with Gasteiger partial charge < -0.3 is 10.7 Å². The van der Waals surface area contributed by atoms with Crippen molar-refractivity contribution in [1.82, 2.24) is 19.9 Å². The zero-order valence-corrected chi connectivity index (χ0v) is 11.0. The first kappa shape index (κ1) is 12.2. The van der Waals surface area contributed by atoms with Gasteiger partial charge in [0.15, 0.2) is 0 Å². The molecule has 3 rings (SSSR count). The van der Waals surface area contributed by atoms with Crippen LogP contribution >= 0.6 is 0 Å². The molecule has 0 spiro atoms. The van der Waals surface area contributed by atoms with Crippen molar-refractivity contribution in [2.24, 2.45) is 0 Å². The number of hydrogen-bond donors (Lipinski definition) is 2. The highest BCUT2D eigenvalue weighted by atomic mass is 15.0. The Bertz CT molecular complexity index is 823. The van der Waals surface area contributed by atoms with Crippen molar-refractivity contribution >= 4 is 17.0 Å². The second kappa shape index (κ2) is 5.02. The minimum Gasteiger partial charge on any atom is -0.368 e. The quantitative estimate of drug-likeness (QED) is 0.660. The zero-order valence-electron chi connectivity index (χ0n) is 11.0. The summed E-state index contributed by atoms with van der Waals surface area (Å²) in [4.78, 5) is 15.6. The molecule has 3 aromatic heterocycles. The van der Waals surface area contributed by atoms with Gasteiger partial charge in [-0.15, -0.1) is 0 Å². The zero-order chi connectivity index (χ0) is 13.9. The first-order chi connectivity index (χ1) is 9.79. The molecule has 3 heterocycles. The van der Waals surface area contributed by atoms with Gasteiger partial charge in [-0.1, -0.05) is 18.8 Å². The minimum atomic E-state index is 0.252. The Balaban J connectivity index is 2.26. The van der Waals surface area contributed by atoms with E-state index < -0.39 is 0 Å². The smallest absolute Gasteiger partial charge is 0.220 e. The molecule has 0 radical (unpaired) electrons. The maximum Gasteiger partial charge on any atom is 0.220 e. The molecule has 5 nitrogen and oxygen atoms in total. The molecular weight excluding hydrogens is 250 g/mol. The van der Waals surface area contributed by atoms with Crippen LogP contribution in [0.1, 0.15) is 18.9 Å². The summed E-state index contributed by atoms with van der Waals surface area (Å²) >= 11 is 0. The number of anilines is 1. The summed E-state index contributed by atoms with van der Waals surface area (Å²) in [5, 5.41) is 0.964. The first-order valence-corrected chi connectivity index (χ1v) is 6.33. The molecule has 0 fully saturated rings. The largest absolute Gasteiger partial charge is 0.368 e. The van der Waals surface area contributed by atoms with E-state index in [9.17, 15) is 0 Å². The maximum absolute atomic E-state index is 5.65. The van der Waals surface area contributed by atoms with E-state index in [0.717, 1.165) is 34.3 Å². The van der Waals surface area contributed by atoms with Crippen LogP contribution in [0.4, 0.5) is 5.95 Å². The van der Waals surface area contributed by atoms with Crippen LogP contribution in [0, 0.1) is 11.8 Å². The van der Waals surface area contributed by atoms with Crippen molar-refractivity contribution in [3.63, 3.8) is 0 Å². The molecule has 0 aliphatic rings. The van der Waals surface area contributed by atoms with Crippen LogP contribution in [0.3, 0.4) is 0 Å². The Morgan fingerprint density at radius 3 is 2.90 bits per heavy atom. The average Bonchev–Trinajstić information content (AvgIpc) is 2.89. The van der Waals surface area contributed by atoms with Crippen molar-refractivity contribution < 1.29 is 0 Å². The third kappa shape index (κ3) is 2.08. The highest BCUT2D eigenvalue weighted by Crippen LogP contribution is 2.28. The van der Waals surface area contributed by atoms with Crippen LogP contribution in [0.25, 0.3) is 22.3 Å². The van der Waals surface area contributed by atoms with Crippen molar-refractivity contribution in [2.75, 3.05) is 5.73 Å². The molecule has 0 aromatic carbocycles. The number of fused-ring (bicyclic) bond motifs is 1. The molecule has 0 bridgehead atoms. The van der Waals surface area contributed by atoms with Crippen LogP contribution in [-0.2, 0) is 0 Å². The number of nitrogens with two attached hydrogens (primary N) is 1. The number of pyridine rings is 1. The van der Waals surface area contributed by atoms with Gasteiger partial charge in [0.1, 0.15) is 5.65 Å². The van der Waals surface area contributed by atoms with E-state index >= 15 is 0 Å². The molecule has 0 atom stereocenters. The number of rotatable bonds is 1. The lowest BCUT2D eigenvalue weighted by molar-refractivity contribution is 1.19. The van der Waals surface area contributed by atoms with Crippen LogP contribution in [0.15, 0.2) is 30.7 Å². The van der Waals surface area contributed by atoms with E-state index in [-0.39, 0.29) is 5.95 Å². The van der Waals surface area contributed by atoms with Crippen molar-refractivity contribution in [1.29, 1.82) is 0 Å². The van der Waals surface area contributed by atoms with Crippen LogP contribution in [-0.4, -0.2) is 19.9 Å². The number of nitrogens with one attached hydrogen (secondary N) is 1. The fourth-order valence-corrected chi connectivity index (χ4v) is 2.07. The summed E-state index contributed by atoms with van der Waals surface area (Å²) in [7, 11) is 0. The third-order valence-corrected chi connectivity index (χ3v) is 2.92. The van der Waals surface area contributed by atoms with E-state index in [1.54, 1.807) is 12.4 Å². The molecule has 0 unspecified atom stereocenters. The van der Waals surface area contributed by atoms with Gasteiger partial charge in [0, 0.05) is 41.5 Å². The molecule has 5 heteroatoms. The number of aromatic nitrogens is 4. The molecule has 0 saturated heterocycles. The number of hydrogen-bond acceptors (Lipinski definition) is 4. The lowest BCUT2D eigenvalue weighted by atomic mass is 10.1. The fraction of sp³-hybridized carbons (Fsp3) is 0.133. The van der Waals surface area contributed by atoms with E-state index in [2.05, 4.69) is 31.8 Å². The van der Waals surface area contributed by atoms with E-state index in [0.29, 0.717) is 0 Å². The average molecular weight is 263 g/mol. The molecular formula is C15H13N5. The predicted molar refractivity (Wildman–Crippen MR) is 78.7 cm³/mol. The monoisotopic (exact) mass is 263 g/mol. The second-order valence-corrected chi connectivity index (χ2v) is 4.24. The predicted octanol–water partition coefficient (Wildman–Crippen LogP) is 2.36. The van der Waals surface area contributed by atoms with Crippen molar-refractivity contribution in [3.05, 3.63) is 36.3 Å². The lowest BCUT2D eigenvalue weighted by Gasteiger charge is -2.01. The summed E-state index contributed by atoms with van der Waals surface area (Å²) in [5.74, 6) is 6.50. The van der Waals surface area contributed by atoms with Crippen LogP contribution in [0.5, 0.6) is 0 Å². The SMILES string of the molecule is CCC#Cc1ccnc2[nH]cc(-c3ccnc(N)n3)c12. The van der Waals surface area contributed by atoms with E-state index in [1.807, 2.05) is 25.3 Å². The Hall–Kier alpha value is -2.87. The Morgan fingerprint density at radius 1 is 1.25 bits per heavy atom. The molecule has 0 amide bonds. The highest BCUT2D eigenvalue weighted by molar-refractivity contribution is 5.96. The van der Waals surface area contributed by atoms with Gasteiger partial charge in [-0.25, -0.2) is 15.0 Å². The van der Waals surface area contributed by atoms with Gasteiger partial charge in [0.2, 0.25) is 5.95 Å². The van der Waals surface area contributed by atoms with E-state index in [1.165, 1.54) is 0 Å². The topological polar surface area (TPSA) is 80.5 Å². The summed E-state index contributed by atoms with van der Waals surface area (Å²) in [6, 6.07) is 3.73. The molecule has 98 valence electrons. The minimum absolute atomic E-state index is 0.252. The molecule has 3 aromatic rings. The van der Waals surface area contributed by atoms with Gasteiger partial charge in [0.05, 0.1) is 5.69 Å². The lowest BCUT2D eigenvalue weighted by Crippen LogP contribution is -1.95. The number of aromatic amines is 1. The molecule has 20 heavy (non-hydrogen) atoms. The van der Waals surface area contributed by atoms with Crippen molar-refractivity contribution in [3.8, 4) is 23.1 Å². The highest BCUT2D eigenvalue weighted by Gasteiger charge is 2.11. The van der Waals surface area contributed by atoms with Crippen molar-refractivity contribution in [2.45, 2.75) is 13.3 Å². The summed E-state index contributed by atoms with van der Waals surface area (Å²) < 4.78 is 0. The number of nitrogens with zero attached hydrogens (tertiary/aromatic N) is 3.